The molecule has 0 aliphatic rings. The summed E-state index contributed by atoms with van der Waals surface area (Å²) >= 11 is 0. The number of fused-ring (bicyclic) bond motifs is 1. The molecule has 0 aliphatic heterocycles. The van der Waals surface area contributed by atoms with E-state index in [-0.39, 0.29) is 29.1 Å². The van der Waals surface area contributed by atoms with Crippen LogP contribution >= 0.6 is 0 Å². The zero-order valence-electron chi connectivity index (χ0n) is 17.6. The molecule has 0 bridgehead atoms. The first kappa shape index (κ1) is 21.9. The highest BCUT2D eigenvalue weighted by Gasteiger charge is 2.26. The van der Waals surface area contributed by atoms with E-state index in [4.69, 9.17) is 0 Å². The van der Waals surface area contributed by atoms with Crippen molar-refractivity contribution < 1.29 is 14.5 Å². The number of carbonyl (C=O) groups is 2. The molecule has 0 aliphatic carbocycles. The van der Waals surface area contributed by atoms with Crippen LogP contribution in [-0.4, -0.2) is 32.7 Å². The molecule has 9 nitrogen and oxygen atoms in total. The van der Waals surface area contributed by atoms with Gasteiger partial charge in [0.25, 0.3) is 11.6 Å². The van der Waals surface area contributed by atoms with Crippen molar-refractivity contribution in [2.45, 2.75) is 39.3 Å². The molecule has 2 aromatic carbocycles. The fraction of sp³-hybridized carbons (Fsp3) is 0.318. The summed E-state index contributed by atoms with van der Waals surface area (Å²) in [7, 11) is 0. The van der Waals surface area contributed by atoms with Crippen LogP contribution in [0.2, 0.25) is 0 Å². The minimum atomic E-state index is -0.845. The largest absolute Gasteiger partial charge is 0.344 e. The van der Waals surface area contributed by atoms with Crippen LogP contribution < -0.4 is 10.6 Å². The second-order valence-electron chi connectivity index (χ2n) is 7.51. The summed E-state index contributed by atoms with van der Waals surface area (Å²) in [5.41, 5.74) is 1.62. The molecule has 3 rings (SSSR count). The van der Waals surface area contributed by atoms with Gasteiger partial charge in [0, 0.05) is 17.7 Å². The van der Waals surface area contributed by atoms with Gasteiger partial charge in [0.1, 0.15) is 11.9 Å². The molecule has 0 fully saturated rings. The van der Waals surface area contributed by atoms with Gasteiger partial charge in [0.05, 0.1) is 22.0 Å². The number of aromatic nitrogens is 2. The molecule has 3 aromatic rings. The fourth-order valence-corrected chi connectivity index (χ4v) is 3.22. The van der Waals surface area contributed by atoms with Gasteiger partial charge in [0.2, 0.25) is 5.91 Å². The Morgan fingerprint density at radius 1 is 1.13 bits per heavy atom. The van der Waals surface area contributed by atoms with Crippen LogP contribution in [0.3, 0.4) is 0 Å². The molecule has 3 unspecified atom stereocenters. The van der Waals surface area contributed by atoms with E-state index >= 15 is 0 Å². The second-order valence-corrected chi connectivity index (χ2v) is 7.51. The van der Waals surface area contributed by atoms with E-state index in [1.54, 1.807) is 6.92 Å². The minimum absolute atomic E-state index is 0.101. The lowest BCUT2D eigenvalue weighted by atomic mass is 9.98. The van der Waals surface area contributed by atoms with Gasteiger partial charge in [0.15, 0.2) is 0 Å². The first-order valence-corrected chi connectivity index (χ1v) is 10.1. The minimum Gasteiger partial charge on any atom is -0.344 e. The third-order valence-corrected chi connectivity index (χ3v) is 5.27. The number of benzene rings is 2. The number of rotatable bonds is 8. The molecule has 0 saturated carbocycles. The molecule has 3 N–H and O–H groups in total. The smallest absolute Gasteiger partial charge is 0.270 e. The van der Waals surface area contributed by atoms with E-state index in [9.17, 15) is 19.7 Å². The van der Waals surface area contributed by atoms with Crippen LogP contribution in [0.25, 0.3) is 11.0 Å². The third-order valence-electron chi connectivity index (χ3n) is 5.27. The Labute approximate surface area is 179 Å². The Hall–Kier alpha value is -3.75. The van der Waals surface area contributed by atoms with E-state index in [1.807, 2.05) is 38.1 Å². The SMILES string of the molecule is CCC(C)C(NC(=O)C(C)NC(=O)c1cccc([N+](=O)[O-])c1)c1nc2ccccc2[nH]1. The lowest BCUT2D eigenvalue weighted by Gasteiger charge is -2.24. The maximum atomic E-state index is 12.8. The maximum absolute atomic E-state index is 12.8. The summed E-state index contributed by atoms with van der Waals surface area (Å²) in [5.74, 6) is -0.176. The Bertz CT molecular complexity index is 1080. The maximum Gasteiger partial charge on any atom is 0.270 e. The Balaban J connectivity index is 1.73. The number of carbonyl (C=O) groups excluding carboxylic acids is 2. The number of H-pyrrole nitrogens is 1. The predicted molar refractivity (Wildman–Crippen MR) is 116 cm³/mol. The number of para-hydroxylation sites is 2. The molecule has 162 valence electrons. The van der Waals surface area contributed by atoms with Gasteiger partial charge in [-0.2, -0.15) is 0 Å². The van der Waals surface area contributed by atoms with Crippen LogP contribution in [-0.2, 0) is 4.79 Å². The number of nitro groups is 1. The number of nitrogens with one attached hydrogen (secondary N) is 3. The number of non-ortho nitro benzene ring substituents is 1. The Morgan fingerprint density at radius 2 is 1.87 bits per heavy atom. The van der Waals surface area contributed by atoms with Crippen LogP contribution in [0, 0.1) is 16.0 Å². The number of nitrogens with zero attached hydrogens (tertiary/aromatic N) is 2. The van der Waals surface area contributed by atoms with E-state index in [0.29, 0.717) is 5.82 Å². The van der Waals surface area contributed by atoms with Crippen molar-refractivity contribution in [3.63, 3.8) is 0 Å². The van der Waals surface area contributed by atoms with E-state index in [0.717, 1.165) is 17.5 Å². The monoisotopic (exact) mass is 423 g/mol. The van der Waals surface area contributed by atoms with Crippen LogP contribution in [0.1, 0.15) is 49.4 Å². The molecule has 0 saturated heterocycles. The number of nitro benzene ring substituents is 1. The molecule has 1 aromatic heterocycles. The Kier molecular flexibility index (Phi) is 6.64. The van der Waals surface area contributed by atoms with Gasteiger partial charge in [-0.25, -0.2) is 4.98 Å². The third kappa shape index (κ3) is 5.06. The van der Waals surface area contributed by atoms with Gasteiger partial charge >= 0.3 is 0 Å². The summed E-state index contributed by atoms with van der Waals surface area (Å²) in [6, 6.07) is 11.8. The standard InChI is InChI=1S/C22H25N5O4/c1-4-13(2)19(20-24-17-10-5-6-11-18(17)25-20)26-21(28)14(3)23-22(29)15-8-7-9-16(12-15)27(30)31/h5-14,19H,4H2,1-3H3,(H,23,29)(H,24,25)(H,26,28). The summed E-state index contributed by atoms with van der Waals surface area (Å²) in [6.45, 7) is 5.61. The lowest BCUT2D eigenvalue weighted by Crippen LogP contribution is -2.47. The van der Waals surface area contributed by atoms with Gasteiger partial charge in [-0.3, -0.25) is 19.7 Å². The van der Waals surface area contributed by atoms with Crippen LogP contribution in [0.15, 0.2) is 48.5 Å². The van der Waals surface area contributed by atoms with E-state index < -0.39 is 16.9 Å². The molecule has 0 spiro atoms. The van der Waals surface area contributed by atoms with E-state index in [2.05, 4.69) is 20.6 Å². The highest BCUT2D eigenvalue weighted by molar-refractivity contribution is 5.97. The molecule has 31 heavy (non-hydrogen) atoms. The molecule has 3 atom stereocenters. The molecule has 0 radical (unpaired) electrons. The van der Waals surface area contributed by atoms with Gasteiger partial charge in [-0.05, 0) is 31.0 Å². The van der Waals surface area contributed by atoms with Gasteiger partial charge in [-0.15, -0.1) is 0 Å². The van der Waals surface area contributed by atoms with Crippen molar-refractivity contribution in [1.29, 1.82) is 0 Å². The van der Waals surface area contributed by atoms with Crippen LogP contribution in [0.5, 0.6) is 0 Å². The van der Waals surface area contributed by atoms with Crippen molar-refractivity contribution in [1.82, 2.24) is 20.6 Å². The average molecular weight is 423 g/mol. The Morgan fingerprint density at radius 3 is 2.55 bits per heavy atom. The molecular formula is C22H25N5O4. The van der Waals surface area contributed by atoms with Gasteiger partial charge < -0.3 is 15.6 Å². The van der Waals surface area contributed by atoms with Crippen molar-refractivity contribution in [2.24, 2.45) is 5.92 Å². The normalized spacial score (nSPS) is 13.9. The number of hydrogen-bond donors (Lipinski definition) is 3. The van der Waals surface area contributed by atoms with Gasteiger partial charge in [-0.1, -0.05) is 38.5 Å². The highest BCUT2D eigenvalue weighted by atomic mass is 16.6. The van der Waals surface area contributed by atoms with Crippen molar-refractivity contribution >= 4 is 28.5 Å². The highest BCUT2D eigenvalue weighted by Crippen LogP contribution is 2.24. The summed E-state index contributed by atoms with van der Waals surface area (Å²) < 4.78 is 0. The summed E-state index contributed by atoms with van der Waals surface area (Å²) in [4.78, 5) is 43.5. The molecular weight excluding hydrogens is 398 g/mol. The number of aromatic amines is 1. The molecule has 2 amide bonds. The number of imidazole rings is 1. The average Bonchev–Trinajstić information content (AvgIpc) is 3.20. The van der Waals surface area contributed by atoms with Crippen molar-refractivity contribution in [3.05, 3.63) is 70.0 Å². The zero-order valence-corrected chi connectivity index (χ0v) is 17.6. The fourth-order valence-electron chi connectivity index (χ4n) is 3.22. The van der Waals surface area contributed by atoms with E-state index in [1.165, 1.54) is 24.3 Å². The van der Waals surface area contributed by atoms with Crippen molar-refractivity contribution in [2.75, 3.05) is 0 Å². The summed E-state index contributed by atoms with van der Waals surface area (Å²) in [6.07, 6.45) is 0.816. The first-order valence-electron chi connectivity index (χ1n) is 10.1. The first-order chi connectivity index (χ1) is 14.8. The predicted octanol–water partition coefficient (Wildman–Crippen LogP) is 3.49. The number of hydrogen-bond acceptors (Lipinski definition) is 5. The second kappa shape index (κ2) is 9.38. The zero-order chi connectivity index (χ0) is 22.5. The lowest BCUT2D eigenvalue weighted by molar-refractivity contribution is -0.384. The van der Waals surface area contributed by atoms with Crippen LogP contribution in [0.4, 0.5) is 5.69 Å². The number of amides is 2. The molecule has 1 heterocycles. The summed E-state index contributed by atoms with van der Waals surface area (Å²) in [5, 5.41) is 16.5. The molecule has 9 heteroatoms. The quantitative estimate of drug-likeness (QED) is 0.377. The topological polar surface area (TPSA) is 130 Å². The van der Waals surface area contributed by atoms with Crippen molar-refractivity contribution in [3.8, 4) is 0 Å².